The molecule has 6 nitrogen and oxygen atoms in total. The number of rotatable bonds is 26. The van der Waals surface area contributed by atoms with E-state index in [-0.39, 0.29) is 0 Å². The van der Waals surface area contributed by atoms with E-state index in [1.54, 1.807) is 0 Å². The van der Waals surface area contributed by atoms with Gasteiger partial charge in [-0.05, 0) is 132 Å². The van der Waals surface area contributed by atoms with Crippen LogP contribution < -0.4 is 29.0 Å². The summed E-state index contributed by atoms with van der Waals surface area (Å²) in [7, 11) is 2.37. The van der Waals surface area contributed by atoms with E-state index in [9.17, 15) is 0 Å². The molecule has 69 heavy (non-hydrogen) atoms. The molecule has 0 radical (unpaired) electrons. The molecule has 0 spiro atoms. The van der Waals surface area contributed by atoms with Crippen molar-refractivity contribution in [3.05, 3.63) is 121 Å². The smallest absolute Gasteiger partial charge is 0.142 e. The van der Waals surface area contributed by atoms with Crippen LogP contribution in [-0.2, 0) is 0 Å². The van der Waals surface area contributed by atoms with Crippen molar-refractivity contribution in [2.75, 3.05) is 83.9 Å². The summed E-state index contributed by atoms with van der Waals surface area (Å²) in [6.45, 7) is 45.4. The maximum absolute atomic E-state index is 2.57. The molecule has 0 aliphatic carbocycles. The molecule has 0 heterocycles. The van der Waals surface area contributed by atoms with Gasteiger partial charge in [-0.15, -0.1) is 0 Å². The standard InChI is InChI=1S/C63H95N6/c1-46(2)38-64(39-47(3)4)54-18-22-58(23-19-54)68(59-24-20-55(21-25-59)65(40-48(5)6)41-49(7)8)60-30-36-63(37-31-60)69(17,61-32-26-56(27-33-61)66(42-50(9)10)43-51(11)12)62-34-28-57(29-35-62)67(44-52(13)14)45-53(15)16/h18-37,46-53H,38-45H2,1-17H3/q+1. The summed E-state index contributed by atoms with van der Waals surface area (Å²) in [5, 5.41) is 0. The number of anilines is 7. The molecule has 0 bridgehead atoms. The Kier molecular flexibility index (Phi) is 20.1. The lowest BCUT2D eigenvalue weighted by Crippen LogP contribution is -2.35. The molecule has 0 aliphatic heterocycles. The number of nitrogens with zero attached hydrogens (tertiary/aromatic N) is 6. The van der Waals surface area contributed by atoms with Crippen LogP contribution in [0.1, 0.15) is 111 Å². The molecular formula is C63H95N6+. The highest BCUT2D eigenvalue weighted by Gasteiger charge is 2.33. The lowest BCUT2D eigenvalue weighted by Gasteiger charge is -2.35. The van der Waals surface area contributed by atoms with Crippen molar-refractivity contribution in [1.29, 1.82) is 0 Å². The lowest BCUT2D eigenvalue weighted by atomic mass is 10.1. The summed E-state index contributed by atoms with van der Waals surface area (Å²) in [5.41, 5.74) is 12.3. The second-order valence-electron chi connectivity index (χ2n) is 23.7. The van der Waals surface area contributed by atoms with Crippen LogP contribution in [0, 0.1) is 47.3 Å². The first-order valence-corrected chi connectivity index (χ1v) is 26.8. The van der Waals surface area contributed by atoms with Crippen LogP contribution in [0.2, 0.25) is 0 Å². The van der Waals surface area contributed by atoms with Gasteiger partial charge in [0, 0.05) is 129 Å². The Bertz CT molecular complexity index is 2040. The Morgan fingerprint density at radius 2 is 0.391 bits per heavy atom. The molecule has 5 rings (SSSR count). The average molecular weight is 936 g/mol. The highest BCUT2D eigenvalue weighted by Crippen LogP contribution is 2.45. The maximum Gasteiger partial charge on any atom is 0.142 e. The Hall–Kier alpha value is -4.94. The van der Waals surface area contributed by atoms with Crippen LogP contribution in [-0.4, -0.2) is 59.4 Å². The van der Waals surface area contributed by atoms with E-state index < -0.39 is 0 Å². The third-order valence-corrected chi connectivity index (χ3v) is 12.7. The first kappa shape index (κ1) is 55.0. The zero-order valence-electron chi connectivity index (χ0n) is 46.5. The molecular weight excluding hydrogens is 841 g/mol. The molecule has 0 aliphatic rings. The predicted molar refractivity (Wildman–Crippen MR) is 309 cm³/mol. The Morgan fingerprint density at radius 1 is 0.246 bits per heavy atom. The fourth-order valence-electron chi connectivity index (χ4n) is 10.0. The van der Waals surface area contributed by atoms with Gasteiger partial charge >= 0.3 is 0 Å². The van der Waals surface area contributed by atoms with Crippen LogP contribution in [0.4, 0.5) is 56.9 Å². The first-order valence-electron chi connectivity index (χ1n) is 26.8. The molecule has 5 aromatic carbocycles. The zero-order valence-corrected chi connectivity index (χ0v) is 46.5. The van der Waals surface area contributed by atoms with Gasteiger partial charge in [-0.2, -0.15) is 0 Å². The van der Waals surface area contributed by atoms with Crippen molar-refractivity contribution in [3.63, 3.8) is 0 Å². The Labute approximate surface area is 422 Å². The van der Waals surface area contributed by atoms with E-state index in [4.69, 9.17) is 0 Å². The molecule has 0 saturated carbocycles. The summed E-state index contributed by atoms with van der Waals surface area (Å²) in [6.07, 6.45) is 0. The minimum atomic E-state index is 0.538. The number of hydrogen-bond donors (Lipinski definition) is 0. The normalized spacial score (nSPS) is 12.2. The highest BCUT2D eigenvalue weighted by molar-refractivity contribution is 5.81. The van der Waals surface area contributed by atoms with Gasteiger partial charge in [-0.3, -0.25) is 0 Å². The van der Waals surface area contributed by atoms with Gasteiger partial charge < -0.3 is 24.5 Å². The van der Waals surface area contributed by atoms with Crippen LogP contribution in [0.5, 0.6) is 0 Å². The third kappa shape index (κ3) is 15.5. The topological polar surface area (TPSA) is 16.2 Å². The molecule has 0 N–H and O–H groups in total. The fourth-order valence-corrected chi connectivity index (χ4v) is 10.0. The molecule has 6 heteroatoms. The largest absolute Gasteiger partial charge is 0.371 e. The molecule has 0 aromatic heterocycles. The van der Waals surface area contributed by atoms with E-state index >= 15 is 0 Å². The van der Waals surface area contributed by atoms with Crippen molar-refractivity contribution in [2.24, 2.45) is 47.3 Å². The minimum absolute atomic E-state index is 0.538. The summed E-state index contributed by atoms with van der Waals surface area (Å²) in [6, 6.07) is 46.9. The fraction of sp³-hybridized carbons (Fsp3) is 0.524. The van der Waals surface area contributed by atoms with E-state index in [0.29, 0.717) is 51.8 Å². The summed E-state index contributed by atoms with van der Waals surface area (Å²) < 4.78 is 0.538. The molecule has 5 aromatic rings. The predicted octanol–water partition coefficient (Wildman–Crippen LogP) is 17.2. The highest BCUT2D eigenvalue weighted by atomic mass is 15.3. The molecule has 0 unspecified atom stereocenters. The molecule has 376 valence electrons. The molecule has 0 atom stereocenters. The minimum Gasteiger partial charge on any atom is -0.371 e. The second kappa shape index (κ2) is 25.3. The van der Waals surface area contributed by atoms with Crippen LogP contribution >= 0.6 is 0 Å². The SMILES string of the molecule is CC(C)CN(CC(C)C)c1ccc(N(c2ccc(N(CC(C)C)CC(C)C)cc2)c2ccc([N+](C)(c3ccc(N(CC(C)C)CC(C)C)cc3)c3ccc(N(CC(C)C)CC(C)C)cc3)cc2)cc1. The van der Waals surface area contributed by atoms with Gasteiger partial charge in [0.2, 0.25) is 0 Å². The van der Waals surface area contributed by atoms with Crippen molar-refractivity contribution in [1.82, 2.24) is 4.48 Å². The van der Waals surface area contributed by atoms with Crippen LogP contribution in [0.3, 0.4) is 0 Å². The van der Waals surface area contributed by atoms with Crippen molar-refractivity contribution < 1.29 is 0 Å². The molecule has 0 amide bonds. The number of benzene rings is 5. The summed E-state index contributed by atoms with van der Waals surface area (Å²) >= 11 is 0. The van der Waals surface area contributed by atoms with Crippen molar-refractivity contribution in [3.8, 4) is 0 Å². The van der Waals surface area contributed by atoms with Gasteiger partial charge in [0.25, 0.3) is 0 Å². The van der Waals surface area contributed by atoms with Crippen LogP contribution in [0.15, 0.2) is 121 Å². The van der Waals surface area contributed by atoms with E-state index in [2.05, 4.69) is 264 Å². The second-order valence-corrected chi connectivity index (χ2v) is 23.7. The third-order valence-electron chi connectivity index (χ3n) is 12.7. The van der Waals surface area contributed by atoms with E-state index in [1.165, 1.54) is 39.8 Å². The van der Waals surface area contributed by atoms with E-state index in [1.807, 2.05) is 0 Å². The lowest BCUT2D eigenvalue weighted by molar-refractivity contribution is 0.552. The number of hydrogen-bond acceptors (Lipinski definition) is 5. The van der Waals surface area contributed by atoms with Gasteiger partial charge in [0.15, 0.2) is 0 Å². The maximum atomic E-state index is 2.57. The van der Waals surface area contributed by atoms with Crippen molar-refractivity contribution >= 4 is 56.9 Å². The quantitative estimate of drug-likeness (QED) is 0.0512. The monoisotopic (exact) mass is 936 g/mol. The van der Waals surface area contributed by atoms with Gasteiger partial charge in [0.1, 0.15) is 17.1 Å². The molecule has 0 fully saturated rings. The van der Waals surface area contributed by atoms with Gasteiger partial charge in [0.05, 0.1) is 7.05 Å². The van der Waals surface area contributed by atoms with E-state index in [0.717, 1.165) is 69.4 Å². The zero-order chi connectivity index (χ0) is 50.6. The Morgan fingerprint density at radius 3 is 0.565 bits per heavy atom. The number of quaternary nitrogens is 1. The average Bonchev–Trinajstić information content (AvgIpc) is 3.27. The van der Waals surface area contributed by atoms with Crippen molar-refractivity contribution in [2.45, 2.75) is 111 Å². The summed E-state index contributed by atoms with van der Waals surface area (Å²) in [5.74, 6) is 4.64. The Balaban J connectivity index is 1.64. The van der Waals surface area contributed by atoms with Gasteiger partial charge in [-0.1, -0.05) is 111 Å². The van der Waals surface area contributed by atoms with Gasteiger partial charge in [-0.25, -0.2) is 4.48 Å². The first-order chi connectivity index (χ1) is 32.6. The van der Waals surface area contributed by atoms with Crippen LogP contribution in [0.25, 0.3) is 0 Å². The molecule has 0 saturated heterocycles. The summed E-state index contributed by atoms with van der Waals surface area (Å²) in [4.78, 5) is 12.7.